The summed E-state index contributed by atoms with van der Waals surface area (Å²) in [4.78, 5) is 0. The van der Waals surface area contributed by atoms with Crippen molar-refractivity contribution in [2.75, 3.05) is 5.75 Å². The van der Waals surface area contributed by atoms with Crippen LogP contribution in [-0.4, -0.2) is 16.0 Å². The van der Waals surface area contributed by atoms with Crippen molar-refractivity contribution in [3.63, 3.8) is 0 Å². The van der Waals surface area contributed by atoms with E-state index in [-0.39, 0.29) is 0 Å². The number of aromatic amines is 1. The van der Waals surface area contributed by atoms with E-state index in [9.17, 15) is 0 Å². The van der Waals surface area contributed by atoms with Gasteiger partial charge in [0.15, 0.2) is 0 Å². The van der Waals surface area contributed by atoms with E-state index in [1.165, 1.54) is 0 Å². The lowest BCUT2D eigenvalue weighted by atomic mass is 10.2. The number of nitrogens with one attached hydrogen (secondary N) is 1. The van der Waals surface area contributed by atoms with Crippen molar-refractivity contribution in [3.8, 4) is 11.8 Å². The molecule has 0 atom stereocenters. The summed E-state index contributed by atoms with van der Waals surface area (Å²) in [7, 11) is 0. The highest BCUT2D eigenvalue weighted by atomic mass is 32.1. The Morgan fingerprint density at radius 1 is 1.43 bits per heavy atom. The summed E-state index contributed by atoms with van der Waals surface area (Å²) in [6.45, 7) is 0. The molecule has 0 amide bonds. The molecule has 0 fully saturated rings. The summed E-state index contributed by atoms with van der Waals surface area (Å²) >= 11 is 4.10. The molecule has 0 spiro atoms. The van der Waals surface area contributed by atoms with Crippen molar-refractivity contribution >= 4 is 23.5 Å². The molecule has 0 aliphatic carbocycles. The summed E-state index contributed by atoms with van der Waals surface area (Å²) in [6.07, 6.45) is 2.63. The smallest absolute Gasteiger partial charge is 0.0662 e. The molecule has 0 aliphatic heterocycles. The monoisotopic (exact) mass is 202 g/mol. The lowest BCUT2D eigenvalue weighted by molar-refractivity contribution is 1.12. The summed E-state index contributed by atoms with van der Waals surface area (Å²) in [6, 6.07) is 6.03. The molecule has 0 unspecified atom stereocenters. The van der Waals surface area contributed by atoms with E-state index in [0.29, 0.717) is 0 Å². The Labute approximate surface area is 88.1 Å². The van der Waals surface area contributed by atoms with Crippen LogP contribution in [0, 0.1) is 11.8 Å². The lowest BCUT2D eigenvalue weighted by Crippen LogP contribution is -1.75. The highest BCUT2D eigenvalue weighted by Crippen LogP contribution is 2.11. The van der Waals surface area contributed by atoms with E-state index < -0.39 is 0 Å². The summed E-state index contributed by atoms with van der Waals surface area (Å²) in [5.74, 6) is 6.93. The highest BCUT2D eigenvalue weighted by molar-refractivity contribution is 7.80. The van der Waals surface area contributed by atoms with Gasteiger partial charge >= 0.3 is 0 Å². The third-order valence-electron chi connectivity index (χ3n) is 1.91. The van der Waals surface area contributed by atoms with Crippen molar-refractivity contribution in [1.82, 2.24) is 10.2 Å². The van der Waals surface area contributed by atoms with Crippen LogP contribution in [0.5, 0.6) is 0 Å². The molecule has 1 heterocycles. The Hall–Kier alpha value is -1.40. The predicted molar refractivity (Wildman–Crippen MR) is 61.4 cm³/mol. The Morgan fingerprint density at radius 3 is 3.21 bits per heavy atom. The van der Waals surface area contributed by atoms with Crippen molar-refractivity contribution in [3.05, 3.63) is 30.0 Å². The Balaban J connectivity index is 2.31. The molecule has 1 aromatic heterocycles. The van der Waals surface area contributed by atoms with Gasteiger partial charge < -0.3 is 0 Å². The van der Waals surface area contributed by atoms with Gasteiger partial charge in [-0.3, -0.25) is 5.10 Å². The van der Waals surface area contributed by atoms with Crippen molar-refractivity contribution in [2.24, 2.45) is 0 Å². The number of fused-ring (bicyclic) bond motifs is 1. The molecule has 0 saturated carbocycles. The fourth-order valence-corrected chi connectivity index (χ4v) is 1.35. The van der Waals surface area contributed by atoms with Gasteiger partial charge in [0, 0.05) is 23.1 Å². The Morgan fingerprint density at radius 2 is 2.36 bits per heavy atom. The van der Waals surface area contributed by atoms with Gasteiger partial charge in [-0.05, 0) is 18.2 Å². The molecule has 0 saturated heterocycles. The summed E-state index contributed by atoms with van der Waals surface area (Å²) in [5.41, 5.74) is 2.05. The van der Waals surface area contributed by atoms with Crippen molar-refractivity contribution < 1.29 is 0 Å². The average Bonchev–Trinajstić information content (AvgIpc) is 2.65. The quantitative estimate of drug-likeness (QED) is 0.539. The predicted octanol–water partition coefficient (Wildman–Crippen LogP) is 2.23. The molecule has 70 valence electrons. The zero-order valence-electron chi connectivity index (χ0n) is 7.62. The van der Waals surface area contributed by atoms with Crippen LogP contribution in [0.2, 0.25) is 0 Å². The Bertz CT molecular complexity index is 490. The van der Waals surface area contributed by atoms with Crippen LogP contribution in [-0.2, 0) is 0 Å². The molecule has 0 radical (unpaired) electrons. The first-order valence-electron chi connectivity index (χ1n) is 4.43. The normalized spacial score (nSPS) is 9.79. The third-order valence-corrected chi connectivity index (χ3v) is 2.14. The van der Waals surface area contributed by atoms with Gasteiger partial charge in [0.25, 0.3) is 0 Å². The second-order valence-corrected chi connectivity index (χ2v) is 3.39. The van der Waals surface area contributed by atoms with Gasteiger partial charge in [-0.2, -0.15) is 17.7 Å². The van der Waals surface area contributed by atoms with Gasteiger partial charge in [-0.15, -0.1) is 0 Å². The average molecular weight is 202 g/mol. The van der Waals surface area contributed by atoms with E-state index in [4.69, 9.17) is 0 Å². The maximum Gasteiger partial charge on any atom is 0.0662 e. The van der Waals surface area contributed by atoms with Crippen LogP contribution in [0.15, 0.2) is 24.4 Å². The van der Waals surface area contributed by atoms with Crippen molar-refractivity contribution in [1.29, 1.82) is 0 Å². The zero-order valence-corrected chi connectivity index (χ0v) is 8.51. The van der Waals surface area contributed by atoms with Crippen LogP contribution in [0.25, 0.3) is 10.9 Å². The number of H-pyrrole nitrogens is 1. The Kier molecular flexibility index (Phi) is 2.76. The van der Waals surface area contributed by atoms with Gasteiger partial charge in [-0.25, -0.2) is 0 Å². The number of hydrogen-bond donors (Lipinski definition) is 2. The lowest BCUT2D eigenvalue weighted by Gasteiger charge is -1.90. The molecule has 1 N–H and O–H groups in total. The van der Waals surface area contributed by atoms with Gasteiger partial charge in [-0.1, -0.05) is 11.8 Å². The topological polar surface area (TPSA) is 28.7 Å². The minimum absolute atomic E-state index is 0.805. The van der Waals surface area contributed by atoms with E-state index in [1.807, 2.05) is 18.2 Å². The second-order valence-electron chi connectivity index (χ2n) is 2.95. The van der Waals surface area contributed by atoms with E-state index in [1.54, 1.807) is 6.20 Å². The van der Waals surface area contributed by atoms with Gasteiger partial charge in [0.05, 0.1) is 11.7 Å². The zero-order chi connectivity index (χ0) is 9.80. The molecule has 0 bridgehead atoms. The minimum Gasteiger partial charge on any atom is -0.278 e. The molecule has 14 heavy (non-hydrogen) atoms. The maximum atomic E-state index is 4.10. The van der Waals surface area contributed by atoms with Crippen molar-refractivity contribution in [2.45, 2.75) is 6.42 Å². The van der Waals surface area contributed by atoms with Crippen LogP contribution >= 0.6 is 12.6 Å². The molecule has 1 aromatic carbocycles. The number of rotatable bonds is 1. The summed E-state index contributed by atoms with van der Waals surface area (Å²) < 4.78 is 0. The maximum absolute atomic E-state index is 4.10. The third kappa shape index (κ3) is 1.91. The summed E-state index contributed by atoms with van der Waals surface area (Å²) in [5, 5.41) is 7.99. The first-order chi connectivity index (χ1) is 6.90. The minimum atomic E-state index is 0.805. The van der Waals surface area contributed by atoms with Crippen LogP contribution in [0.3, 0.4) is 0 Å². The first-order valence-corrected chi connectivity index (χ1v) is 5.06. The number of hydrogen-bond acceptors (Lipinski definition) is 2. The molecule has 2 rings (SSSR count). The molecule has 0 aliphatic rings. The largest absolute Gasteiger partial charge is 0.278 e. The fourth-order valence-electron chi connectivity index (χ4n) is 1.24. The molecule has 3 heteroatoms. The number of benzene rings is 1. The molecular formula is C11H10N2S. The van der Waals surface area contributed by atoms with E-state index in [2.05, 4.69) is 34.7 Å². The highest BCUT2D eigenvalue weighted by Gasteiger charge is 1.94. The SMILES string of the molecule is SCCC#Cc1ccc2cn[nH]c2c1. The number of nitrogens with zero attached hydrogens (tertiary/aromatic N) is 1. The molecule has 2 aromatic rings. The standard InChI is InChI=1S/C11H10N2S/c14-6-2-1-3-9-4-5-10-8-12-13-11(10)7-9/h4-5,7-8,14H,2,6H2,(H,12,13). The first kappa shape index (κ1) is 9.17. The van der Waals surface area contributed by atoms with Crippen LogP contribution < -0.4 is 0 Å². The van der Waals surface area contributed by atoms with Gasteiger partial charge in [0.2, 0.25) is 0 Å². The fraction of sp³-hybridized carbons (Fsp3) is 0.182. The van der Waals surface area contributed by atoms with E-state index >= 15 is 0 Å². The van der Waals surface area contributed by atoms with Gasteiger partial charge in [0.1, 0.15) is 0 Å². The van der Waals surface area contributed by atoms with E-state index in [0.717, 1.165) is 28.6 Å². The number of thiol groups is 1. The molecular weight excluding hydrogens is 192 g/mol. The second kappa shape index (κ2) is 4.21. The van der Waals surface area contributed by atoms with Crippen LogP contribution in [0.1, 0.15) is 12.0 Å². The molecule has 2 nitrogen and oxygen atoms in total. The van der Waals surface area contributed by atoms with Crippen LogP contribution in [0.4, 0.5) is 0 Å². The number of aromatic nitrogens is 2.